The maximum Gasteiger partial charge on any atom is 0.318 e. The van der Waals surface area contributed by atoms with Crippen LogP contribution < -0.4 is 5.32 Å². The third-order valence-corrected chi connectivity index (χ3v) is 3.36. The molecular weight excluding hydrogens is 278 g/mol. The molecule has 1 fully saturated rings. The van der Waals surface area contributed by atoms with Crippen LogP contribution in [-0.2, 0) is 16.1 Å². The Morgan fingerprint density at radius 3 is 2.86 bits per heavy atom. The van der Waals surface area contributed by atoms with Crippen LogP contribution in [0.3, 0.4) is 0 Å². The molecule has 2 N–H and O–H groups in total. The van der Waals surface area contributed by atoms with Crippen molar-refractivity contribution in [1.82, 2.24) is 15.2 Å². The molecule has 2 amide bonds. The maximum atomic E-state index is 12.2. The van der Waals surface area contributed by atoms with Gasteiger partial charge in [0.2, 0.25) is 5.89 Å². The van der Waals surface area contributed by atoms with Crippen molar-refractivity contribution in [2.75, 3.05) is 19.8 Å². The summed E-state index contributed by atoms with van der Waals surface area (Å²) in [6.45, 7) is 4.81. The Labute approximate surface area is 122 Å². The number of nitrogens with zero attached hydrogens (tertiary/aromatic N) is 2. The van der Waals surface area contributed by atoms with E-state index < -0.39 is 12.0 Å². The first kappa shape index (κ1) is 15.3. The van der Waals surface area contributed by atoms with E-state index in [0.29, 0.717) is 19.0 Å². The molecule has 1 saturated heterocycles. The summed E-state index contributed by atoms with van der Waals surface area (Å²) in [5.41, 5.74) is 0.786. The minimum atomic E-state index is -0.956. The predicted molar refractivity (Wildman–Crippen MR) is 71.8 cm³/mol. The van der Waals surface area contributed by atoms with Crippen molar-refractivity contribution in [3.63, 3.8) is 0 Å². The minimum Gasteiger partial charge on any atom is -0.481 e. The average molecular weight is 297 g/mol. The van der Waals surface area contributed by atoms with E-state index in [1.54, 1.807) is 6.92 Å². The van der Waals surface area contributed by atoms with Crippen LogP contribution in [0.25, 0.3) is 0 Å². The molecule has 1 aromatic heterocycles. The molecule has 0 spiro atoms. The zero-order chi connectivity index (χ0) is 15.4. The Hall–Kier alpha value is -2.09. The van der Waals surface area contributed by atoms with Gasteiger partial charge in [-0.3, -0.25) is 4.79 Å². The molecule has 1 aliphatic heterocycles. The number of aryl methyl sites for hydroxylation is 2. The van der Waals surface area contributed by atoms with E-state index in [9.17, 15) is 9.59 Å². The number of hydrogen-bond donors (Lipinski definition) is 2. The van der Waals surface area contributed by atoms with E-state index in [1.165, 1.54) is 4.90 Å². The number of morpholine rings is 1. The summed E-state index contributed by atoms with van der Waals surface area (Å²) in [6.07, 6.45) is -0.134. The quantitative estimate of drug-likeness (QED) is 0.846. The van der Waals surface area contributed by atoms with Gasteiger partial charge in [-0.05, 0) is 13.8 Å². The van der Waals surface area contributed by atoms with Crippen molar-refractivity contribution in [2.24, 2.45) is 0 Å². The van der Waals surface area contributed by atoms with E-state index in [-0.39, 0.29) is 25.6 Å². The normalized spacial score (nSPS) is 18.6. The van der Waals surface area contributed by atoms with Crippen molar-refractivity contribution in [3.8, 4) is 0 Å². The molecule has 1 aliphatic rings. The fourth-order valence-electron chi connectivity index (χ4n) is 2.16. The van der Waals surface area contributed by atoms with Gasteiger partial charge in [-0.2, -0.15) is 0 Å². The van der Waals surface area contributed by atoms with Crippen LogP contribution in [0.4, 0.5) is 4.79 Å². The average Bonchev–Trinajstić information content (AvgIpc) is 2.75. The molecule has 1 atom stereocenters. The lowest BCUT2D eigenvalue weighted by Crippen LogP contribution is -2.53. The summed E-state index contributed by atoms with van der Waals surface area (Å²) >= 11 is 0. The molecule has 0 aliphatic carbocycles. The standard InChI is InChI=1S/C13H19N3O5/c1-8-9(2)21-11(15-8)6-14-13(19)16-3-4-20-7-10(16)5-12(17)18/h10H,3-7H2,1-2H3,(H,14,19)(H,17,18). The topological polar surface area (TPSA) is 105 Å². The monoisotopic (exact) mass is 297 g/mol. The van der Waals surface area contributed by atoms with Crippen LogP contribution in [0, 0.1) is 13.8 Å². The molecule has 0 bridgehead atoms. The Morgan fingerprint density at radius 2 is 2.24 bits per heavy atom. The lowest BCUT2D eigenvalue weighted by atomic mass is 10.1. The summed E-state index contributed by atoms with van der Waals surface area (Å²) < 4.78 is 10.6. The molecule has 2 heterocycles. The Bertz CT molecular complexity index is 508. The predicted octanol–water partition coefficient (Wildman–Crippen LogP) is 0.677. The van der Waals surface area contributed by atoms with Crippen molar-refractivity contribution in [3.05, 3.63) is 17.3 Å². The molecule has 1 unspecified atom stereocenters. The summed E-state index contributed by atoms with van der Waals surface area (Å²) in [7, 11) is 0. The zero-order valence-electron chi connectivity index (χ0n) is 12.1. The Morgan fingerprint density at radius 1 is 1.48 bits per heavy atom. The van der Waals surface area contributed by atoms with Gasteiger partial charge in [-0.1, -0.05) is 0 Å². The first-order valence-corrected chi connectivity index (χ1v) is 6.74. The van der Waals surface area contributed by atoms with Crippen LogP contribution >= 0.6 is 0 Å². The molecular formula is C13H19N3O5. The number of nitrogens with one attached hydrogen (secondary N) is 1. The van der Waals surface area contributed by atoms with Crippen LogP contribution in [0.15, 0.2) is 4.42 Å². The van der Waals surface area contributed by atoms with Crippen molar-refractivity contribution in [1.29, 1.82) is 0 Å². The molecule has 8 nitrogen and oxygen atoms in total. The number of aromatic nitrogens is 1. The van der Waals surface area contributed by atoms with Gasteiger partial charge in [-0.25, -0.2) is 9.78 Å². The van der Waals surface area contributed by atoms with E-state index >= 15 is 0 Å². The highest BCUT2D eigenvalue weighted by Crippen LogP contribution is 2.12. The number of aliphatic carboxylic acids is 1. The SMILES string of the molecule is Cc1nc(CNC(=O)N2CCOCC2CC(=O)O)oc1C. The van der Waals surface area contributed by atoms with Gasteiger partial charge in [0.05, 0.1) is 37.9 Å². The Kier molecular flexibility index (Phi) is 4.79. The van der Waals surface area contributed by atoms with Gasteiger partial charge < -0.3 is 24.5 Å². The summed E-state index contributed by atoms with van der Waals surface area (Å²) in [4.78, 5) is 28.6. The summed E-state index contributed by atoms with van der Waals surface area (Å²) in [5, 5.41) is 11.6. The van der Waals surface area contributed by atoms with Gasteiger partial charge >= 0.3 is 12.0 Å². The summed E-state index contributed by atoms with van der Waals surface area (Å²) in [6, 6.07) is -0.790. The van der Waals surface area contributed by atoms with E-state index in [0.717, 1.165) is 11.5 Å². The van der Waals surface area contributed by atoms with Gasteiger partial charge in [0, 0.05) is 6.54 Å². The Balaban J connectivity index is 1.92. The highest BCUT2D eigenvalue weighted by Gasteiger charge is 2.29. The number of rotatable bonds is 4. The second-order valence-corrected chi connectivity index (χ2v) is 4.93. The number of urea groups is 1. The van der Waals surface area contributed by atoms with Gasteiger partial charge in [0.1, 0.15) is 5.76 Å². The van der Waals surface area contributed by atoms with Crippen molar-refractivity contribution < 1.29 is 23.8 Å². The van der Waals surface area contributed by atoms with E-state index in [1.807, 2.05) is 6.92 Å². The maximum absolute atomic E-state index is 12.2. The fourth-order valence-corrected chi connectivity index (χ4v) is 2.16. The number of ether oxygens (including phenoxy) is 1. The number of amides is 2. The van der Waals surface area contributed by atoms with Crippen molar-refractivity contribution >= 4 is 12.0 Å². The first-order valence-electron chi connectivity index (χ1n) is 6.74. The highest BCUT2D eigenvalue weighted by atomic mass is 16.5. The lowest BCUT2D eigenvalue weighted by molar-refractivity contribution is -0.139. The molecule has 116 valence electrons. The number of hydrogen-bond acceptors (Lipinski definition) is 5. The van der Waals surface area contributed by atoms with Gasteiger partial charge in [0.25, 0.3) is 0 Å². The highest BCUT2D eigenvalue weighted by molar-refractivity contribution is 5.76. The molecule has 21 heavy (non-hydrogen) atoms. The molecule has 2 rings (SSSR count). The van der Waals surface area contributed by atoms with Crippen LogP contribution in [0.2, 0.25) is 0 Å². The molecule has 8 heteroatoms. The largest absolute Gasteiger partial charge is 0.481 e. The van der Waals surface area contributed by atoms with E-state index in [4.69, 9.17) is 14.3 Å². The first-order chi connectivity index (χ1) is 9.97. The zero-order valence-corrected chi connectivity index (χ0v) is 12.1. The third kappa shape index (κ3) is 3.94. The molecule has 1 aromatic rings. The minimum absolute atomic E-state index is 0.134. The van der Waals surface area contributed by atoms with Crippen molar-refractivity contribution in [2.45, 2.75) is 32.9 Å². The molecule has 0 radical (unpaired) electrons. The van der Waals surface area contributed by atoms with Crippen LogP contribution in [-0.4, -0.2) is 52.8 Å². The molecule has 0 saturated carbocycles. The number of carbonyl (C=O) groups excluding carboxylic acids is 1. The third-order valence-electron chi connectivity index (χ3n) is 3.36. The number of carboxylic acid groups (broad SMARTS) is 1. The molecule has 0 aromatic carbocycles. The van der Waals surface area contributed by atoms with Gasteiger partial charge in [0.15, 0.2) is 0 Å². The fraction of sp³-hybridized carbons (Fsp3) is 0.615. The lowest BCUT2D eigenvalue weighted by Gasteiger charge is -2.34. The van der Waals surface area contributed by atoms with Crippen LogP contribution in [0.5, 0.6) is 0 Å². The number of carbonyl (C=O) groups is 2. The smallest absolute Gasteiger partial charge is 0.318 e. The number of carboxylic acids is 1. The second kappa shape index (κ2) is 6.57. The second-order valence-electron chi connectivity index (χ2n) is 4.93. The van der Waals surface area contributed by atoms with Crippen LogP contribution in [0.1, 0.15) is 23.8 Å². The summed E-state index contributed by atoms with van der Waals surface area (Å²) in [5.74, 6) is 0.193. The number of oxazole rings is 1. The van der Waals surface area contributed by atoms with E-state index in [2.05, 4.69) is 10.3 Å². The van der Waals surface area contributed by atoms with Gasteiger partial charge in [-0.15, -0.1) is 0 Å².